The molecule has 2 fully saturated rings. The van der Waals surface area contributed by atoms with E-state index in [0.29, 0.717) is 5.56 Å². The first-order valence-corrected chi connectivity index (χ1v) is 19.4. The van der Waals surface area contributed by atoms with Gasteiger partial charge in [0.1, 0.15) is 73.2 Å². The minimum atomic E-state index is -2.19. The van der Waals surface area contributed by atoms with Crippen LogP contribution in [0.4, 0.5) is 0 Å². The van der Waals surface area contributed by atoms with Gasteiger partial charge in [0.2, 0.25) is 12.6 Å². The second kappa shape index (κ2) is 20.7. The average molecular weight is 927 g/mol. The smallest absolute Gasteiger partial charge is 0.330 e. The molecule has 10 atom stereocenters. The molecule has 66 heavy (non-hydrogen) atoms. The Bertz CT molecular complexity index is 2480. The lowest BCUT2D eigenvalue weighted by Crippen LogP contribution is -2.61. The number of phenols is 3. The maximum absolute atomic E-state index is 13.0. The van der Waals surface area contributed by atoms with Gasteiger partial charge in [0.15, 0.2) is 34.5 Å². The largest absolute Gasteiger partial charge is 0.550 e. The number of benzene rings is 3. The molecule has 352 valence electrons. The van der Waals surface area contributed by atoms with Crippen LogP contribution < -0.4 is 25.1 Å². The Kier molecular flexibility index (Phi) is 15.1. The Morgan fingerprint density at radius 2 is 1.27 bits per heavy atom. The number of hydrogen-bond acceptors (Lipinski definition) is 24. The van der Waals surface area contributed by atoms with Crippen LogP contribution >= 0.6 is 0 Å². The van der Waals surface area contributed by atoms with Crippen LogP contribution in [0.25, 0.3) is 28.7 Å². The molecule has 0 radical (unpaired) electrons. The number of aliphatic hydroxyl groups excluding tert-OH is 5. The van der Waals surface area contributed by atoms with E-state index in [1.807, 2.05) is 0 Å². The van der Waals surface area contributed by atoms with Crippen LogP contribution in [0.15, 0.2) is 76.0 Å². The zero-order chi connectivity index (χ0) is 48.0. The van der Waals surface area contributed by atoms with Crippen molar-refractivity contribution in [2.45, 2.75) is 74.3 Å². The Morgan fingerprint density at radius 3 is 1.94 bits per heavy atom. The van der Waals surface area contributed by atoms with Gasteiger partial charge in [-0.1, -0.05) is 6.07 Å². The van der Waals surface area contributed by atoms with E-state index < -0.39 is 140 Å². The zero-order valence-corrected chi connectivity index (χ0v) is 33.6. The summed E-state index contributed by atoms with van der Waals surface area (Å²) in [6, 6.07) is 12.0. The summed E-state index contributed by atoms with van der Waals surface area (Å²) in [5.74, 6) is -9.82. The van der Waals surface area contributed by atoms with Gasteiger partial charge in [-0.3, -0.25) is 14.4 Å². The lowest BCUT2D eigenvalue weighted by atomic mass is 9.98. The minimum absolute atomic E-state index is 0.165. The third kappa shape index (κ3) is 11.7. The normalized spacial score (nSPS) is 25.2. The highest BCUT2D eigenvalue weighted by molar-refractivity contribution is 5.90. The molecule has 0 unspecified atom stereocenters. The number of rotatable bonds is 16. The number of esters is 3. The van der Waals surface area contributed by atoms with Crippen LogP contribution in [0.3, 0.4) is 0 Å². The lowest BCUT2D eigenvalue weighted by molar-refractivity contribution is -0.307. The summed E-state index contributed by atoms with van der Waals surface area (Å²) < 4.78 is 44.3. The third-order valence-corrected chi connectivity index (χ3v) is 9.77. The van der Waals surface area contributed by atoms with Crippen LogP contribution in [0.5, 0.6) is 28.7 Å². The van der Waals surface area contributed by atoms with Gasteiger partial charge in [-0.05, 0) is 54.1 Å². The van der Waals surface area contributed by atoms with Gasteiger partial charge in [-0.25, -0.2) is 4.79 Å². The van der Waals surface area contributed by atoms with E-state index in [1.54, 1.807) is 0 Å². The van der Waals surface area contributed by atoms with E-state index in [1.165, 1.54) is 48.5 Å². The lowest BCUT2D eigenvalue weighted by Gasteiger charge is -2.41. The molecule has 6 rings (SSSR count). The number of hydrogen-bond donors (Lipinski definition) is 8. The van der Waals surface area contributed by atoms with Crippen LogP contribution in [-0.4, -0.2) is 145 Å². The van der Waals surface area contributed by atoms with E-state index >= 15 is 0 Å². The number of ether oxygens (including phenoxy) is 7. The van der Waals surface area contributed by atoms with Crippen molar-refractivity contribution >= 4 is 35.9 Å². The van der Waals surface area contributed by atoms with Crippen molar-refractivity contribution in [1.82, 2.24) is 0 Å². The van der Waals surface area contributed by atoms with Crippen molar-refractivity contribution in [1.29, 1.82) is 0 Å². The number of carboxylic acid groups (broad SMARTS) is 2. The quantitative estimate of drug-likeness (QED) is 0.0178. The number of aromatic hydroxyl groups is 3. The fourth-order valence-electron chi connectivity index (χ4n) is 6.52. The third-order valence-electron chi connectivity index (χ3n) is 9.77. The summed E-state index contributed by atoms with van der Waals surface area (Å²) in [7, 11) is 0. The van der Waals surface area contributed by atoms with Gasteiger partial charge in [0.05, 0.1) is 30.3 Å². The number of aliphatic carboxylic acids is 2. The van der Waals surface area contributed by atoms with Crippen molar-refractivity contribution in [2.75, 3.05) is 13.2 Å². The van der Waals surface area contributed by atoms with Crippen LogP contribution in [0.1, 0.15) is 18.4 Å². The number of aliphatic hydroxyl groups is 5. The molecule has 4 aliphatic rings. The monoisotopic (exact) mass is 926 g/mol. The first kappa shape index (κ1) is 48.1. The predicted octanol–water partition coefficient (Wildman–Crippen LogP) is -3.47. The fourth-order valence-corrected chi connectivity index (χ4v) is 6.52. The standard InChI is InChI=1S/C42H40O24/c43-19-5-3-18(4-6-19)39-26(63-41-37(57)35(55)34(54)27(64-41)15-59-31(51)8-2-17-1-7-22(45)23(46)9-17)12-21-24(61-39)10-20(44)11-25(21)62-42-38(58)36(56)40(66-33(53)14-30(49)50)28(65-42)16-60-32(52)13-29(47)48/h1-12,27-28,34-38,40-43,45-46,54-58H,13-16H2,(H,47,48)(H,49,50)/p-2/b8-2+/t27-,28-,34-,35+,36-,37-,38-,40-,41-,42-/m1/s1. The van der Waals surface area contributed by atoms with Crippen molar-refractivity contribution in [3.8, 4) is 51.4 Å². The molecular weight excluding hydrogens is 888 g/mol. The summed E-state index contributed by atoms with van der Waals surface area (Å²) in [6.07, 6.45) is -19.8. The van der Waals surface area contributed by atoms with Crippen LogP contribution in [-0.2, 0) is 47.7 Å². The SMILES string of the molecule is O=C([O-])CC(=O)OC[C@H]1O[C@@H](Oc2cc(=O)cc3oc(-c4ccc(O)cc4)c(O[C@@H]4O[C@H](COC(=O)/C=C/c5ccc(O)c(O)c5)[C@@H](O)[C@H](O)[C@H]4O)cc2-3)[C@H](O)[C@@H](O)[C@@H]1OC(=O)CC(=O)[O-]. The van der Waals surface area contributed by atoms with Gasteiger partial charge in [-0.15, -0.1) is 0 Å². The summed E-state index contributed by atoms with van der Waals surface area (Å²) >= 11 is 0. The van der Waals surface area contributed by atoms with E-state index in [9.17, 15) is 79.8 Å². The molecule has 0 spiro atoms. The molecule has 8 N–H and O–H groups in total. The van der Waals surface area contributed by atoms with Crippen molar-refractivity contribution in [3.63, 3.8) is 0 Å². The van der Waals surface area contributed by atoms with Crippen LogP contribution in [0, 0.1) is 0 Å². The van der Waals surface area contributed by atoms with E-state index in [4.69, 9.17) is 37.6 Å². The first-order chi connectivity index (χ1) is 31.3. The topological polar surface area (TPSA) is 388 Å². The molecule has 24 heteroatoms. The van der Waals surface area contributed by atoms with Gasteiger partial charge in [0, 0.05) is 23.8 Å². The summed E-state index contributed by atoms with van der Waals surface area (Å²) in [5.41, 5.74) is -0.465. The zero-order valence-electron chi connectivity index (χ0n) is 33.6. The summed E-state index contributed by atoms with van der Waals surface area (Å²) in [6.45, 7) is -1.69. The Labute approximate surface area is 369 Å². The van der Waals surface area contributed by atoms with Crippen molar-refractivity contribution in [3.05, 3.63) is 82.5 Å². The summed E-state index contributed by atoms with van der Waals surface area (Å²) in [4.78, 5) is 71.7. The van der Waals surface area contributed by atoms with Crippen LogP contribution in [0.2, 0.25) is 0 Å². The second-order valence-corrected chi connectivity index (χ2v) is 14.5. The highest BCUT2D eigenvalue weighted by Crippen LogP contribution is 2.43. The van der Waals surface area contributed by atoms with Gasteiger partial charge < -0.3 is 98.2 Å². The molecule has 0 bridgehead atoms. The molecular formula is C42H38O24-2. The number of carboxylic acids is 2. The van der Waals surface area contributed by atoms with Gasteiger partial charge >= 0.3 is 17.9 Å². The molecule has 0 saturated carbocycles. The fraction of sp³-hybridized carbons (Fsp3) is 0.333. The molecule has 1 aliphatic carbocycles. The second-order valence-electron chi connectivity index (χ2n) is 14.5. The molecule has 24 nitrogen and oxygen atoms in total. The maximum Gasteiger partial charge on any atom is 0.330 e. The highest BCUT2D eigenvalue weighted by Gasteiger charge is 2.49. The summed E-state index contributed by atoms with van der Waals surface area (Å²) in [5, 5.41) is 106. The van der Waals surface area contributed by atoms with E-state index in [2.05, 4.69) is 0 Å². The maximum atomic E-state index is 13.0. The predicted molar refractivity (Wildman–Crippen MR) is 207 cm³/mol. The Hall–Kier alpha value is -7.32. The van der Waals surface area contributed by atoms with Crippen molar-refractivity contribution in [2.24, 2.45) is 0 Å². The van der Waals surface area contributed by atoms with E-state index in [-0.39, 0.29) is 34.1 Å². The van der Waals surface area contributed by atoms with Gasteiger partial charge in [-0.2, -0.15) is 0 Å². The van der Waals surface area contributed by atoms with Gasteiger partial charge in [0.25, 0.3) is 0 Å². The van der Waals surface area contributed by atoms with Crippen molar-refractivity contribution < 1.29 is 113 Å². The number of phenolic OH excluding ortho intramolecular Hbond substituents is 3. The highest BCUT2D eigenvalue weighted by atomic mass is 16.7. The number of carbonyl (C=O) groups excluding carboxylic acids is 5. The molecule has 2 saturated heterocycles. The molecule has 2 aromatic rings. The molecule has 2 aromatic carbocycles. The Balaban J connectivity index is 1.30. The molecule has 0 amide bonds. The number of fused-ring (bicyclic) bond motifs is 1. The molecule has 3 heterocycles. The molecule has 3 aliphatic heterocycles. The minimum Gasteiger partial charge on any atom is -0.550 e. The average Bonchev–Trinajstić information content (AvgIpc) is 3.25. The first-order valence-electron chi connectivity index (χ1n) is 19.4. The van der Waals surface area contributed by atoms with E-state index in [0.717, 1.165) is 24.3 Å². The Morgan fingerprint density at radius 1 is 0.652 bits per heavy atom. The number of carbonyl (C=O) groups is 5. The molecule has 0 aromatic heterocycles.